The van der Waals surface area contributed by atoms with E-state index >= 15 is 0 Å². The van der Waals surface area contributed by atoms with Crippen molar-refractivity contribution in [3.05, 3.63) is 34.9 Å². The van der Waals surface area contributed by atoms with Crippen LogP contribution in [-0.4, -0.2) is 6.04 Å². The van der Waals surface area contributed by atoms with Crippen molar-refractivity contribution in [3.63, 3.8) is 0 Å². The second-order valence-electron chi connectivity index (χ2n) is 5.95. The van der Waals surface area contributed by atoms with E-state index in [2.05, 4.69) is 19.9 Å². The predicted molar refractivity (Wildman–Crippen MR) is 74.3 cm³/mol. The highest BCUT2D eigenvalue weighted by Crippen LogP contribution is 2.44. The van der Waals surface area contributed by atoms with E-state index < -0.39 is 0 Å². The van der Waals surface area contributed by atoms with E-state index in [-0.39, 0.29) is 6.04 Å². The summed E-state index contributed by atoms with van der Waals surface area (Å²) in [6.07, 6.45) is 4.77. The Morgan fingerprint density at radius 3 is 2.71 bits per heavy atom. The first-order chi connectivity index (χ1) is 8.00. The van der Waals surface area contributed by atoms with Crippen molar-refractivity contribution in [2.75, 3.05) is 0 Å². The summed E-state index contributed by atoms with van der Waals surface area (Å²) < 4.78 is 0. The van der Waals surface area contributed by atoms with Crippen LogP contribution in [0.4, 0.5) is 0 Å². The SMILES string of the molecule is CC1(C)CCCC1C(N)Cc1ccccc1Cl. The van der Waals surface area contributed by atoms with Gasteiger partial charge in [-0.25, -0.2) is 0 Å². The molecule has 0 spiro atoms. The molecule has 0 aliphatic heterocycles. The van der Waals surface area contributed by atoms with Crippen LogP contribution in [0.5, 0.6) is 0 Å². The summed E-state index contributed by atoms with van der Waals surface area (Å²) in [5.74, 6) is 0.624. The van der Waals surface area contributed by atoms with Gasteiger partial charge in [0.15, 0.2) is 0 Å². The molecule has 0 heterocycles. The Labute approximate surface area is 109 Å². The van der Waals surface area contributed by atoms with Gasteiger partial charge in [-0.3, -0.25) is 0 Å². The molecule has 0 radical (unpaired) electrons. The number of hydrogen-bond acceptors (Lipinski definition) is 1. The van der Waals surface area contributed by atoms with Crippen LogP contribution in [0.15, 0.2) is 24.3 Å². The molecule has 2 atom stereocenters. The first-order valence-corrected chi connectivity index (χ1v) is 6.87. The summed E-state index contributed by atoms with van der Waals surface area (Å²) >= 11 is 6.19. The molecule has 1 nitrogen and oxygen atoms in total. The molecule has 0 saturated heterocycles. The van der Waals surface area contributed by atoms with E-state index in [4.69, 9.17) is 17.3 Å². The highest BCUT2D eigenvalue weighted by Gasteiger charge is 2.38. The van der Waals surface area contributed by atoms with Crippen LogP contribution in [0.2, 0.25) is 5.02 Å². The lowest BCUT2D eigenvalue weighted by molar-refractivity contribution is 0.220. The first kappa shape index (κ1) is 12.9. The molecule has 2 N–H and O–H groups in total. The molecule has 2 unspecified atom stereocenters. The second kappa shape index (κ2) is 4.99. The minimum atomic E-state index is 0.229. The summed E-state index contributed by atoms with van der Waals surface area (Å²) in [5, 5.41) is 0.846. The second-order valence-corrected chi connectivity index (χ2v) is 6.35. The van der Waals surface area contributed by atoms with Crippen molar-refractivity contribution in [1.82, 2.24) is 0 Å². The minimum Gasteiger partial charge on any atom is -0.327 e. The average molecular weight is 252 g/mol. The van der Waals surface area contributed by atoms with Gasteiger partial charge in [-0.05, 0) is 42.2 Å². The smallest absolute Gasteiger partial charge is 0.0438 e. The van der Waals surface area contributed by atoms with Crippen molar-refractivity contribution in [2.24, 2.45) is 17.1 Å². The zero-order valence-electron chi connectivity index (χ0n) is 10.7. The number of halogens is 1. The number of hydrogen-bond donors (Lipinski definition) is 1. The quantitative estimate of drug-likeness (QED) is 0.862. The lowest BCUT2D eigenvalue weighted by atomic mass is 9.76. The van der Waals surface area contributed by atoms with Gasteiger partial charge >= 0.3 is 0 Å². The summed E-state index contributed by atoms with van der Waals surface area (Å²) in [6, 6.07) is 8.27. The zero-order valence-corrected chi connectivity index (χ0v) is 11.5. The van der Waals surface area contributed by atoms with Gasteiger partial charge in [0.1, 0.15) is 0 Å². The van der Waals surface area contributed by atoms with Crippen LogP contribution < -0.4 is 5.73 Å². The summed E-state index contributed by atoms with van der Waals surface area (Å²) in [6.45, 7) is 4.69. The van der Waals surface area contributed by atoms with Crippen LogP contribution in [0.3, 0.4) is 0 Å². The maximum atomic E-state index is 6.40. The molecular formula is C15H22ClN. The molecule has 0 amide bonds. The van der Waals surface area contributed by atoms with Gasteiger partial charge in [-0.2, -0.15) is 0 Å². The van der Waals surface area contributed by atoms with Crippen molar-refractivity contribution in [3.8, 4) is 0 Å². The molecule has 94 valence electrons. The average Bonchev–Trinajstić information content (AvgIpc) is 2.61. The van der Waals surface area contributed by atoms with Crippen LogP contribution >= 0.6 is 11.6 Å². The lowest BCUT2D eigenvalue weighted by Crippen LogP contribution is -2.38. The molecular weight excluding hydrogens is 230 g/mol. The molecule has 1 aromatic rings. The molecule has 1 aliphatic carbocycles. The highest BCUT2D eigenvalue weighted by molar-refractivity contribution is 6.31. The lowest BCUT2D eigenvalue weighted by Gasteiger charge is -2.32. The third kappa shape index (κ3) is 2.83. The Balaban J connectivity index is 2.07. The molecule has 1 aliphatic rings. The normalized spacial score (nSPS) is 24.8. The minimum absolute atomic E-state index is 0.229. The Bertz CT molecular complexity index is 386. The molecule has 1 fully saturated rings. The van der Waals surface area contributed by atoms with Crippen molar-refractivity contribution < 1.29 is 0 Å². The van der Waals surface area contributed by atoms with Gasteiger partial charge in [-0.1, -0.05) is 50.1 Å². The summed E-state index contributed by atoms with van der Waals surface area (Å²) in [4.78, 5) is 0. The third-order valence-electron chi connectivity index (χ3n) is 4.27. The highest BCUT2D eigenvalue weighted by atomic mass is 35.5. The van der Waals surface area contributed by atoms with Gasteiger partial charge < -0.3 is 5.73 Å². The van der Waals surface area contributed by atoms with E-state index in [1.54, 1.807) is 0 Å². The van der Waals surface area contributed by atoms with Gasteiger partial charge in [0, 0.05) is 11.1 Å². The fourth-order valence-corrected chi connectivity index (χ4v) is 3.42. The molecule has 1 aromatic carbocycles. The molecule has 1 saturated carbocycles. The van der Waals surface area contributed by atoms with Crippen LogP contribution in [0, 0.1) is 11.3 Å². The van der Waals surface area contributed by atoms with E-state index in [9.17, 15) is 0 Å². The standard InChI is InChI=1S/C15H22ClN/c1-15(2)9-5-7-12(15)14(17)10-11-6-3-4-8-13(11)16/h3-4,6,8,12,14H,5,7,9-10,17H2,1-2H3. The molecule has 0 bridgehead atoms. The molecule has 17 heavy (non-hydrogen) atoms. The topological polar surface area (TPSA) is 26.0 Å². The van der Waals surface area contributed by atoms with E-state index in [0.717, 1.165) is 11.4 Å². The van der Waals surface area contributed by atoms with E-state index in [0.29, 0.717) is 11.3 Å². The van der Waals surface area contributed by atoms with Crippen molar-refractivity contribution in [1.29, 1.82) is 0 Å². The van der Waals surface area contributed by atoms with Crippen LogP contribution in [0.25, 0.3) is 0 Å². The Morgan fingerprint density at radius 2 is 2.12 bits per heavy atom. The molecule has 2 rings (SSSR count). The third-order valence-corrected chi connectivity index (χ3v) is 4.64. The van der Waals surface area contributed by atoms with E-state index in [1.165, 1.54) is 24.8 Å². The van der Waals surface area contributed by atoms with Crippen molar-refractivity contribution >= 4 is 11.6 Å². The maximum Gasteiger partial charge on any atom is 0.0438 e. The molecule has 2 heteroatoms. The van der Waals surface area contributed by atoms with Gasteiger partial charge in [0.25, 0.3) is 0 Å². The molecule has 0 aromatic heterocycles. The Morgan fingerprint density at radius 1 is 1.41 bits per heavy atom. The van der Waals surface area contributed by atoms with Crippen LogP contribution in [-0.2, 0) is 6.42 Å². The van der Waals surface area contributed by atoms with Crippen molar-refractivity contribution in [2.45, 2.75) is 45.6 Å². The summed E-state index contributed by atoms with van der Waals surface area (Å²) in [5.41, 5.74) is 7.97. The monoisotopic (exact) mass is 251 g/mol. The largest absolute Gasteiger partial charge is 0.327 e. The number of rotatable bonds is 3. The Kier molecular flexibility index (Phi) is 3.79. The summed E-state index contributed by atoms with van der Waals surface area (Å²) in [7, 11) is 0. The van der Waals surface area contributed by atoms with Crippen LogP contribution in [0.1, 0.15) is 38.7 Å². The maximum absolute atomic E-state index is 6.40. The van der Waals surface area contributed by atoms with Gasteiger partial charge in [0.2, 0.25) is 0 Å². The number of benzene rings is 1. The van der Waals surface area contributed by atoms with E-state index in [1.807, 2.05) is 18.2 Å². The number of nitrogens with two attached hydrogens (primary N) is 1. The predicted octanol–water partition coefficient (Wildman–Crippen LogP) is 4.04. The first-order valence-electron chi connectivity index (χ1n) is 6.50. The Hall–Kier alpha value is -0.530. The van der Waals surface area contributed by atoms with Gasteiger partial charge in [-0.15, -0.1) is 0 Å². The van der Waals surface area contributed by atoms with Gasteiger partial charge in [0.05, 0.1) is 0 Å². The fourth-order valence-electron chi connectivity index (χ4n) is 3.21. The fraction of sp³-hybridized carbons (Fsp3) is 0.600. The zero-order chi connectivity index (χ0) is 12.5.